The fourth-order valence-electron chi connectivity index (χ4n) is 1.50. The van der Waals surface area contributed by atoms with Crippen LogP contribution in [0.4, 0.5) is 0 Å². The molecular formula is C11H16N4O2S2. The van der Waals surface area contributed by atoms with E-state index in [0.29, 0.717) is 17.5 Å². The van der Waals surface area contributed by atoms with Crippen LogP contribution in [0.15, 0.2) is 15.3 Å². The van der Waals surface area contributed by atoms with Crippen molar-refractivity contribution in [2.24, 2.45) is 7.05 Å². The van der Waals surface area contributed by atoms with Crippen LogP contribution >= 0.6 is 23.1 Å². The number of hydrogen-bond donors (Lipinski definition) is 1. The number of hydrogen-bond acceptors (Lipinski definition) is 6. The summed E-state index contributed by atoms with van der Waals surface area (Å²) in [7, 11) is 1.69. The summed E-state index contributed by atoms with van der Waals surface area (Å²) in [6.07, 6.45) is 0.0310. The molecule has 2 aromatic heterocycles. The number of thiazole rings is 1. The zero-order chi connectivity index (χ0) is 13.8. The quantitative estimate of drug-likeness (QED) is 0.826. The topological polar surface area (TPSA) is 72.8 Å². The average Bonchev–Trinajstić information content (AvgIpc) is 2.97. The Labute approximate surface area is 119 Å². The highest BCUT2D eigenvalue weighted by Crippen LogP contribution is 2.25. The molecule has 2 rings (SSSR count). The molecule has 0 aliphatic heterocycles. The Morgan fingerprint density at radius 1 is 1.63 bits per heavy atom. The van der Waals surface area contributed by atoms with Gasteiger partial charge in [0.25, 0.3) is 0 Å². The first-order valence-electron chi connectivity index (χ1n) is 5.92. The third-order valence-electron chi connectivity index (χ3n) is 2.52. The van der Waals surface area contributed by atoms with Crippen LogP contribution in [-0.4, -0.2) is 26.4 Å². The van der Waals surface area contributed by atoms with Crippen molar-refractivity contribution >= 4 is 23.1 Å². The minimum atomic E-state index is -0.202. The molecule has 19 heavy (non-hydrogen) atoms. The molecule has 6 nitrogen and oxygen atoms in total. The van der Waals surface area contributed by atoms with Crippen molar-refractivity contribution in [2.45, 2.75) is 30.9 Å². The van der Waals surface area contributed by atoms with E-state index in [1.165, 1.54) is 16.3 Å². The lowest BCUT2D eigenvalue weighted by Crippen LogP contribution is -2.12. The fraction of sp³-hybridized carbons (Fsp3) is 0.545. The molecule has 0 saturated carbocycles. The van der Waals surface area contributed by atoms with Crippen molar-refractivity contribution in [1.82, 2.24) is 19.7 Å². The van der Waals surface area contributed by atoms with Gasteiger partial charge < -0.3 is 4.74 Å². The maximum Gasteiger partial charge on any atom is 0.343 e. The van der Waals surface area contributed by atoms with Crippen molar-refractivity contribution in [3.8, 4) is 0 Å². The van der Waals surface area contributed by atoms with Gasteiger partial charge in [-0.1, -0.05) is 11.8 Å². The molecule has 104 valence electrons. The molecule has 0 bridgehead atoms. The van der Waals surface area contributed by atoms with Gasteiger partial charge in [-0.25, -0.2) is 14.9 Å². The van der Waals surface area contributed by atoms with Crippen molar-refractivity contribution in [2.75, 3.05) is 6.61 Å². The molecule has 1 N–H and O–H groups in total. The van der Waals surface area contributed by atoms with Gasteiger partial charge in [-0.05, 0) is 13.8 Å². The monoisotopic (exact) mass is 300 g/mol. The molecule has 0 spiro atoms. The minimum absolute atomic E-state index is 0.0310. The Kier molecular flexibility index (Phi) is 4.78. The Balaban J connectivity index is 1.97. The number of aromatic amines is 1. The van der Waals surface area contributed by atoms with Gasteiger partial charge in [0.2, 0.25) is 0 Å². The average molecular weight is 300 g/mol. The predicted octanol–water partition coefficient (Wildman–Crippen LogP) is 1.95. The lowest BCUT2D eigenvalue weighted by molar-refractivity contribution is 0.0761. The zero-order valence-corrected chi connectivity index (χ0v) is 12.7. The number of aromatic nitrogens is 4. The Hall–Kier alpha value is -1.12. The van der Waals surface area contributed by atoms with Crippen LogP contribution in [0.2, 0.25) is 0 Å². The second-order valence-corrected chi connectivity index (χ2v) is 5.77. The van der Waals surface area contributed by atoms with Crippen LogP contribution in [0.1, 0.15) is 30.7 Å². The highest BCUT2D eigenvalue weighted by atomic mass is 32.2. The molecule has 1 atom stereocenters. The lowest BCUT2D eigenvalue weighted by atomic mass is 10.4. The van der Waals surface area contributed by atoms with Crippen LogP contribution in [0.3, 0.4) is 0 Å². The molecule has 0 fully saturated rings. The Morgan fingerprint density at radius 3 is 3.05 bits per heavy atom. The highest BCUT2D eigenvalue weighted by molar-refractivity contribution is 7.98. The van der Waals surface area contributed by atoms with Crippen molar-refractivity contribution < 1.29 is 4.74 Å². The van der Waals surface area contributed by atoms with Crippen LogP contribution in [0, 0.1) is 0 Å². The van der Waals surface area contributed by atoms with E-state index < -0.39 is 0 Å². The first-order chi connectivity index (χ1) is 9.11. The summed E-state index contributed by atoms with van der Waals surface area (Å²) >= 11 is 3.08. The molecule has 0 aromatic carbocycles. The summed E-state index contributed by atoms with van der Waals surface area (Å²) in [6, 6.07) is 0. The molecule has 2 heterocycles. The SMILES string of the molecule is CCO[C@@H](C)c1nc(CSc2n[nH]c(=O)n2C)cs1. The molecule has 0 aliphatic rings. The fourth-order valence-corrected chi connectivity index (χ4v) is 3.24. The van der Waals surface area contributed by atoms with Gasteiger partial charge in [0.1, 0.15) is 11.1 Å². The van der Waals surface area contributed by atoms with E-state index in [-0.39, 0.29) is 11.8 Å². The van der Waals surface area contributed by atoms with Gasteiger partial charge in [0.05, 0.1) is 5.69 Å². The highest BCUT2D eigenvalue weighted by Gasteiger charge is 2.11. The lowest BCUT2D eigenvalue weighted by Gasteiger charge is -2.06. The van der Waals surface area contributed by atoms with Crippen LogP contribution < -0.4 is 5.69 Å². The summed E-state index contributed by atoms with van der Waals surface area (Å²) in [5.74, 6) is 0.688. The third-order valence-corrected chi connectivity index (χ3v) is 4.64. The van der Waals surface area contributed by atoms with Gasteiger partial charge in [-0.15, -0.1) is 16.4 Å². The van der Waals surface area contributed by atoms with Gasteiger partial charge in [-0.2, -0.15) is 0 Å². The van der Waals surface area contributed by atoms with Gasteiger partial charge in [0, 0.05) is 24.8 Å². The smallest absolute Gasteiger partial charge is 0.343 e. The second kappa shape index (κ2) is 6.36. The Bertz CT molecular complexity index is 590. The molecule has 0 amide bonds. The number of ether oxygens (including phenoxy) is 1. The second-order valence-electron chi connectivity index (χ2n) is 3.93. The van der Waals surface area contributed by atoms with E-state index in [0.717, 1.165) is 10.7 Å². The summed E-state index contributed by atoms with van der Waals surface area (Å²) in [5.41, 5.74) is 0.776. The summed E-state index contributed by atoms with van der Waals surface area (Å²) in [4.78, 5) is 15.7. The van der Waals surface area contributed by atoms with Crippen LogP contribution in [0.5, 0.6) is 0 Å². The molecule has 0 saturated heterocycles. The summed E-state index contributed by atoms with van der Waals surface area (Å²) in [5, 5.41) is 10.0. The van der Waals surface area contributed by atoms with Crippen molar-refractivity contribution in [3.05, 3.63) is 26.6 Å². The van der Waals surface area contributed by atoms with E-state index >= 15 is 0 Å². The molecule has 0 aliphatic carbocycles. The number of thioether (sulfide) groups is 1. The van der Waals surface area contributed by atoms with Crippen molar-refractivity contribution in [3.63, 3.8) is 0 Å². The number of rotatable bonds is 6. The molecular weight excluding hydrogens is 284 g/mol. The van der Waals surface area contributed by atoms with Gasteiger partial charge in [-0.3, -0.25) is 4.57 Å². The summed E-state index contributed by atoms with van der Waals surface area (Å²) < 4.78 is 6.99. The van der Waals surface area contributed by atoms with E-state index in [9.17, 15) is 4.79 Å². The van der Waals surface area contributed by atoms with E-state index in [4.69, 9.17) is 4.74 Å². The van der Waals surface area contributed by atoms with E-state index in [1.54, 1.807) is 18.4 Å². The number of nitrogens with zero attached hydrogens (tertiary/aromatic N) is 3. The first-order valence-corrected chi connectivity index (χ1v) is 7.78. The number of H-pyrrole nitrogens is 1. The maximum absolute atomic E-state index is 11.2. The van der Waals surface area contributed by atoms with Crippen molar-refractivity contribution in [1.29, 1.82) is 0 Å². The number of nitrogens with one attached hydrogen (secondary N) is 1. The van der Waals surface area contributed by atoms with Crippen LogP contribution in [0.25, 0.3) is 0 Å². The van der Waals surface area contributed by atoms with Gasteiger partial charge in [0.15, 0.2) is 5.16 Å². The standard InChI is InChI=1S/C11H16N4O2S2/c1-4-17-7(2)9-12-8(5-18-9)6-19-11-14-13-10(16)15(11)3/h5,7H,4,6H2,1-3H3,(H,13,16)/t7-/m0/s1. The first kappa shape index (κ1) is 14.3. The predicted molar refractivity (Wildman–Crippen MR) is 75.5 cm³/mol. The normalized spacial score (nSPS) is 12.8. The minimum Gasteiger partial charge on any atom is -0.372 e. The molecule has 0 unspecified atom stereocenters. The largest absolute Gasteiger partial charge is 0.372 e. The Morgan fingerprint density at radius 2 is 2.42 bits per heavy atom. The third kappa shape index (κ3) is 3.46. The maximum atomic E-state index is 11.2. The summed E-state index contributed by atoms with van der Waals surface area (Å²) in [6.45, 7) is 4.65. The van der Waals surface area contributed by atoms with E-state index in [2.05, 4.69) is 15.2 Å². The molecule has 0 radical (unpaired) electrons. The van der Waals surface area contributed by atoms with Crippen LogP contribution in [-0.2, 0) is 17.5 Å². The zero-order valence-electron chi connectivity index (χ0n) is 11.0. The molecule has 8 heteroatoms. The van der Waals surface area contributed by atoms with Gasteiger partial charge >= 0.3 is 5.69 Å². The molecule has 2 aromatic rings. The van der Waals surface area contributed by atoms with E-state index in [1.807, 2.05) is 19.2 Å².